The van der Waals surface area contributed by atoms with Crippen LogP contribution >= 0.6 is 11.3 Å². The first kappa shape index (κ1) is 17.6. The topological polar surface area (TPSA) is 89.5 Å². The van der Waals surface area contributed by atoms with Crippen molar-refractivity contribution in [3.63, 3.8) is 0 Å². The van der Waals surface area contributed by atoms with Gasteiger partial charge in [-0.15, -0.1) is 11.3 Å². The van der Waals surface area contributed by atoms with E-state index < -0.39 is 15.8 Å². The zero-order valence-corrected chi connectivity index (χ0v) is 13.9. The highest BCUT2D eigenvalue weighted by Crippen LogP contribution is 2.28. The molecule has 1 rings (SSSR count). The molecule has 0 aliphatic heterocycles. The summed E-state index contributed by atoms with van der Waals surface area (Å²) in [5.74, 6) is -0.825. The SMILES string of the molecule is CCOC(=O)c1cc(C)sc1NC(=O)CCCS(C)(=O)=O. The summed E-state index contributed by atoms with van der Waals surface area (Å²) in [4.78, 5) is 24.4. The minimum atomic E-state index is -3.07. The maximum atomic E-state index is 11.8. The van der Waals surface area contributed by atoms with Crippen molar-refractivity contribution < 1.29 is 22.7 Å². The van der Waals surface area contributed by atoms with Gasteiger partial charge < -0.3 is 10.1 Å². The van der Waals surface area contributed by atoms with Crippen LogP contribution in [0.4, 0.5) is 5.00 Å². The Hall–Kier alpha value is -1.41. The molecule has 0 spiro atoms. The Kier molecular flexibility index (Phi) is 6.35. The number of hydrogen-bond acceptors (Lipinski definition) is 6. The molecule has 6 nitrogen and oxygen atoms in total. The molecule has 0 radical (unpaired) electrons. The summed E-state index contributed by atoms with van der Waals surface area (Å²) in [6.45, 7) is 3.79. The van der Waals surface area contributed by atoms with E-state index in [1.807, 2.05) is 6.92 Å². The number of ether oxygens (including phenoxy) is 1. The Morgan fingerprint density at radius 1 is 1.38 bits per heavy atom. The van der Waals surface area contributed by atoms with Gasteiger partial charge in [0.25, 0.3) is 0 Å². The smallest absolute Gasteiger partial charge is 0.341 e. The second kappa shape index (κ2) is 7.56. The molecule has 8 heteroatoms. The van der Waals surface area contributed by atoms with Crippen LogP contribution in [0.25, 0.3) is 0 Å². The predicted molar refractivity (Wildman–Crippen MR) is 82.6 cm³/mol. The first-order valence-corrected chi connectivity index (χ1v) is 9.35. The first-order valence-electron chi connectivity index (χ1n) is 6.48. The lowest BCUT2D eigenvalue weighted by molar-refractivity contribution is -0.116. The van der Waals surface area contributed by atoms with Crippen LogP contribution in [0.2, 0.25) is 0 Å². The molecule has 0 saturated heterocycles. The zero-order valence-electron chi connectivity index (χ0n) is 12.3. The fraction of sp³-hybridized carbons (Fsp3) is 0.538. The monoisotopic (exact) mass is 333 g/mol. The molecule has 0 aromatic carbocycles. The van der Waals surface area contributed by atoms with Crippen LogP contribution in [0.15, 0.2) is 6.07 Å². The van der Waals surface area contributed by atoms with Gasteiger partial charge in [0.1, 0.15) is 14.8 Å². The number of aryl methyl sites for hydroxylation is 1. The molecule has 1 amide bonds. The van der Waals surface area contributed by atoms with E-state index in [-0.39, 0.29) is 31.1 Å². The quantitative estimate of drug-likeness (QED) is 0.771. The standard InChI is InChI=1S/C13H19NO5S2/c1-4-19-13(16)10-8-9(2)20-12(10)14-11(15)6-5-7-21(3,17)18/h8H,4-7H2,1-3H3,(H,14,15). The van der Waals surface area contributed by atoms with Crippen molar-refractivity contribution in [2.24, 2.45) is 0 Å². The Morgan fingerprint density at radius 3 is 2.62 bits per heavy atom. The third-order valence-electron chi connectivity index (χ3n) is 2.52. The molecule has 0 saturated carbocycles. The van der Waals surface area contributed by atoms with Gasteiger partial charge in [-0.2, -0.15) is 0 Å². The van der Waals surface area contributed by atoms with Crippen molar-refractivity contribution in [3.05, 3.63) is 16.5 Å². The molecular weight excluding hydrogens is 314 g/mol. The maximum absolute atomic E-state index is 11.8. The predicted octanol–water partition coefficient (Wildman–Crippen LogP) is 2.00. The van der Waals surface area contributed by atoms with E-state index in [2.05, 4.69) is 5.32 Å². The Morgan fingerprint density at radius 2 is 2.05 bits per heavy atom. The largest absolute Gasteiger partial charge is 0.462 e. The minimum absolute atomic E-state index is 0.0331. The van der Waals surface area contributed by atoms with Gasteiger partial charge in [-0.1, -0.05) is 0 Å². The fourth-order valence-electron chi connectivity index (χ4n) is 1.65. The number of carbonyl (C=O) groups excluding carboxylic acids is 2. The number of sulfone groups is 1. The van der Waals surface area contributed by atoms with Crippen LogP contribution in [-0.4, -0.2) is 38.9 Å². The van der Waals surface area contributed by atoms with Gasteiger partial charge in [0.2, 0.25) is 5.91 Å². The van der Waals surface area contributed by atoms with Gasteiger partial charge in [-0.3, -0.25) is 4.79 Å². The van der Waals surface area contributed by atoms with Crippen molar-refractivity contribution in [2.75, 3.05) is 23.9 Å². The molecule has 1 aromatic heterocycles. The normalized spacial score (nSPS) is 11.2. The van der Waals surface area contributed by atoms with Gasteiger partial charge in [0.15, 0.2) is 0 Å². The van der Waals surface area contributed by atoms with E-state index in [9.17, 15) is 18.0 Å². The average Bonchev–Trinajstić information content (AvgIpc) is 2.68. The van der Waals surface area contributed by atoms with Crippen molar-refractivity contribution in [1.29, 1.82) is 0 Å². The number of rotatable bonds is 7. The molecule has 1 N–H and O–H groups in total. The van der Waals surface area contributed by atoms with Gasteiger partial charge in [0.05, 0.1) is 17.9 Å². The maximum Gasteiger partial charge on any atom is 0.341 e. The summed E-state index contributed by atoms with van der Waals surface area (Å²) in [5, 5.41) is 3.08. The summed E-state index contributed by atoms with van der Waals surface area (Å²) in [6.07, 6.45) is 1.47. The number of anilines is 1. The third kappa shape index (κ3) is 6.26. The molecule has 21 heavy (non-hydrogen) atoms. The van der Waals surface area contributed by atoms with E-state index >= 15 is 0 Å². The first-order chi connectivity index (χ1) is 9.73. The second-order valence-electron chi connectivity index (χ2n) is 4.60. The average molecular weight is 333 g/mol. The fourth-order valence-corrected chi connectivity index (χ4v) is 3.24. The van der Waals surface area contributed by atoms with E-state index in [0.717, 1.165) is 11.1 Å². The van der Waals surface area contributed by atoms with Crippen LogP contribution in [0.3, 0.4) is 0 Å². The zero-order chi connectivity index (χ0) is 16.0. The van der Waals surface area contributed by atoms with Crippen LogP contribution in [0, 0.1) is 6.92 Å². The van der Waals surface area contributed by atoms with Crippen molar-refractivity contribution in [2.45, 2.75) is 26.7 Å². The Bertz CT molecular complexity index is 619. The highest BCUT2D eigenvalue weighted by molar-refractivity contribution is 7.90. The number of esters is 1. The van der Waals surface area contributed by atoms with Crippen molar-refractivity contribution in [3.8, 4) is 0 Å². The number of hydrogen-bond donors (Lipinski definition) is 1. The van der Waals surface area contributed by atoms with E-state index in [0.29, 0.717) is 10.6 Å². The molecule has 1 aromatic rings. The Balaban J connectivity index is 2.66. The lowest BCUT2D eigenvalue weighted by Gasteiger charge is -2.05. The molecule has 0 atom stereocenters. The van der Waals surface area contributed by atoms with Crippen molar-refractivity contribution >= 4 is 38.1 Å². The van der Waals surface area contributed by atoms with Gasteiger partial charge in [0, 0.05) is 17.6 Å². The lowest BCUT2D eigenvalue weighted by atomic mass is 10.3. The van der Waals surface area contributed by atoms with Gasteiger partial charge in [-0.05, 0) is 26.3 Å². The summed E-state index contributed by atoms with van der Waals surface area (Å²) in [5.41, 5.74) is 0.329. The van der Waals surface area contributed by atoms with E-state index in [4.69, 9.17) is 4.74 Å². The minimum Gasteiger partial charge on any atom is -0.462 e. The van der Waals surface area contributed by atoms with Gasteiger partial charge >= 0.3 is 5.97 Å². The highest BCUT2D eigenvalue weighted by Gasteiger charge is 2.17. The third-order valence-corrected chi connectivity index (χ3v) is 4.52. The summed E-state index contributed by atoms with van der Waals surface area (Å²) in [6, 6.07) is 1.66. The van der Waals surface area contributed by atoms with Crippen LogP contribution in [-0.2, 0) is 19.4 Å². The second-order valence-corrected chi connectivity index (χ2v) is 8.12. The summed E-state index contributed by atoms with van der Waals surface area (Å²) >= 11 is 1.28. The number of thiophene rings is 1. The van der Waals surface area contributed by atoms with E-state index in [1.54, 1.807) is 13.0 Å². The lowest BCUT2D eigenvalue weighted by Crippen LogP contribution is -2.15. The van der Waals surface area contributed by atoms with Crippen LogP contribution < -0.4 is 5.32 Å². The molecule has 0 fully saturated rings. The molecule has 0 bridgehead atoms. The van der Waals surface area contributed by atoms with Gasteiger partial charge in [-0.25, -0.2) is 13.2 Å². The molecule has 0 aliphatic rings. The molecule has 1 heterocycles. The molecule has 0 aliphatic carbocycles. The summed E-state index contributed by atoms with van der Waals surface area (Å²) in [7, 11) is -3.07. The summed E-state index contributed by atoms with van der Waals surface area (Å²) < 4.78 is 26.9. The number of carbonyl (C=O) groups is 2. The molecular formula is C13H19NO5S2. The van der Waals surface area contributed by atoms with E-state index in [1.165, 1.54) is 11.3 Å². The number of amides is 1. The number of nitrogens with one attached hydrogen (secondary N) is 1. The Labute approximate surface area is 128 Å². The highest BCUT2D eigenvalue weighted by atomic mass is 32.2. The van der Waals surface area contributed by atoms with Crippen LogP contribution in [0.1, 0.15) is 35.0 Å². The molecule has 118 valence electrons. The van der Waals surface area contributed by atoms with Crippen LogP contribution in [0.5, 0.6) is 0 Å². The van der Waals surface area contributed by atoms with Crippen molar-refractivity contribution in [1.82, 2.24) is 0 Å². The molecule has 0 unspecified atom stereocenters.